The van der Waals surface area contributed by atoms with Gasteiger partial charge in [-0.15, -0.1) is 0 Å². The van der Waals surface area contributed by atoms with E-state index >= 15 is 0 Å². The number of amides is 3. The third-order valence-electron chi connectivity index (χ3n) is 4.45. The Hall–Kier alpha value is -2.04. The Morgan fingerprint density at radius 2 is 1.88 bits per heavy atom. The topological polar surface area (TPSA) is 61.4 Å². The molecular weight excluding hydrogens is 302 g/mol. The smallest absolute Gasteiger partial charge is 0.315 e. The maximum Gasteiger partial charge on any atom is 0.315 e. The lowest BCUT2D eigenvalue weighted by atomic mass is 9.87. The summed E-state index contributed by atoms with van der Waals surface area (Å²) in [6, 6.07) is 8.20. The van der Waals surface area contributed by atoms with E-state index in [1.165, 1.54) is 5.56 Å². The zero-order valence-electron chi connectivity index (χ0n) is 15.2. The second-order valence-corrected chi connectivity index (χ2v) is 7.45. The van der Waals surface area contributed by atoms with Gasteiger partial charge in [-0.3, -0.25) is 4.79 Å². The minimum atomic E-state index is -0.175. The van der Waals surface area contributed by atoms with Gasteiger partial charge in [-0.1, -0.05) is 52.0 Å². The fourth-order valence-electron chi connectivity index (χ4n) is 2.87. The van der Waals surface area contributed by atoms with Gasteiger partial charge in [0.2, 0.25) is 5.91 Å². The van der Waals surface area contributed by atoms with Gasteiger partial charge < -0.3 is 15.5 Å². The van der Waals surface area contributed by atoms with E-state index in [0.717, 1.165) is 18.5 Å². The normalized spacial score (nSPS) is 17.7. The van der Waals surface area contributed by atoms with Crippen LogP contribution in [0.1, 0.15) is 51.7 Å². The maximum atomic E-state index is 12.0. The van der Waals surface area contributed by atoms with Crippen molar-refractivity contribution in [3.63, 3.8) is 0 Å². The van der Waals surface area contributed by atoms with Gasteiger partial charge in [-0.05, 0) is 23.0 Å². The van der Waals surface area contributed by atoms with Crippen molar-refractivity contribution < 1.29 is 9.59 Å². The highest BCUT2D eigenvalue weighted by Crippen LogP contribution is 2.22. The van der Waals surface area contributed by atoms with Crippen LogP contribution < -0.4 is 10.6 Å². The van der Waals surface area contributed by atoms with E-state index in [-0.39, 0.29) is 23.4 Å². The highest BCUT2D eigenvalue weighted by molar-refractivity contribution is 5.77. The van der Waals surface area contributed by atoms with Gasteiger partial charge in [0.05, 0.1) is 0 Å². The Kier molecular flexibility index (Phi) is 5.86. The number of nitrogens with zero attached hydrogens (tertiary/aromatic N) is 1. The fourth-order valence-corrected chi connectivity index (χ4v) is 2.87. The fraction of sp³-hybridized carbons (Fsp3) is 0.579. The van der Waals surface area contributed by atoms with Crippen molar-refractivity contribution in [3.8, 4) is 0 Å². The zero-order valence-corrected chi connectivity index (χ0v) is 15.2. The molecule has 1 aliphatic rings. The van der Waals surface area contributed by atoms with Crippen LogP contribution in [0.2, 0.25) is 0 Å². The molecule has 1 atom stereocenters. The Bertz CT molecular complexity index is 575. The molecule has 1 fully saturated rings. The summed E-state index contributed by atoms with van der Waals surface area (Å²) in [6.45, 7) is 10.2. The number of urea groups is 1. The van der Waals surface area contributed by atoms with Crippen LogP contribution in [-0.4, -0.2) is 36.0 Å². The van der Waals surface area contributed by atoms with E-state index in [1.807, 2.05) is 11.8 Å². The van der Waals surface area contributed by atoms with Crippen molar-refractivity contribution in [3.05, 3.63) is 35.4 Å². The second-order valence-electron chi connectivity index (χ2n) is 7.45. The molecule has 1 aromatic carbocycles. The average Bonchev–Trinajstić information content (AvgIpc) is 3.00. The molecule has 0 radical (unpaired) electrons. The summed E-state index contributed by atoms with van der Waals surface area (Å²) in [6.07, 6.45) is 1.34. The molecular formula is C19H29N3O2. The van der Waals surface area contributed by atoms with Crippen molar-refractivity contribution in [2.75, 3.05) is 13.1 Å². The molecule has 1 aromatic rings. The molecule has 5 nitrogen and oxygen atoms in total. The molecule has 24 heavy (non-hydrogen) atoms. The predicted octanol–water partition coefficient (Wildman–Crippen LogP) is 2.79. The summed E-state index contributed by atoms with van der Waals surface area (Å²) in [7, 11) is 0. The van der Waals surface area contributed by atoms with E-state index in [9.17, 15) is 9.59 Å². The third-order valence-corrected chi connectivity index (χ3v) is 4.45. The lowest BCUT2D eigenvalue weighted by Gasteiger charge is -2.19. The number of hydrogen-bond donors (Lipinski definition) is 2. The molecule has 1 aliphatic heterocycles. The summed E-state index contributed by atoms with van der Waals surface area (Å²) in [5.74, 6) is 0.152. The largest absolute Gasteiger partial charge is 0.341 e. The third kappa shape index (κ3) is 4.98. The Balaban J connectivity index is 1.77. The summed E-state index contributed by atoms with van der Waals surface area (Å²) in [5.41, 5.74) is 2.49. The van der Waals surface area contributed by atoms with Gasteiger partial charge in [0.25, 0.3) is 0 Å². The SMILES string of the molecule is CCC(=O)N1CCC(NC(=O)NCc2ccc(C(C)(C)C)cc2)C1. The van der Waals surface area contributed by atoms with Gasteiger partial charge in [-0.25, -0.2) is 4.79 Å². The molecule has 0 aliphatic carbocycles. The van der Waals surface area contributed by atoms with E-state index in [4.69, 9.17) is 0 Å². The van der Waals surface area contributed by atoms with Crippen LogP contribution in [0.3, 0.4) is 0 Å². The van der Waals surface area contributed by atoms with E-state index in [1.54, 1.807) is 0 Å². The van der Waals surface area contributed by atoms with Crippen LogP contribution in [0.25, 0.3) is 0 Å². The number of benzene rings is 1. The highest BCUT2D eigenvalue weighted by Gasteiger charge is 2.26. The van der Waals surface area contributed by atoms with Gasteiger partial charge >= 0.3 is 6.03 Å². The molecule has 132 valence electrons. The number of likely N-dealkylation sites (tertiary alicyclic amines) is 1. The molecule has 0 aromatic heterocycles. The maximum absolute atomic E-state index is 12.0. The van der Waals surface area contributed by atoms with Crippen LogP contribution >= 0.6 is 0 Å². The number of nitrogens with one attached hydrogen (secondary N) is 2. The van der Waals surface area contributed by atoms with Crippen LogP contribution in [0.4, 0.5) is 4.79 Å². The summed E-state index contributed by atoms with van der Waals surface area (Å²) in [4.78, 5) is 25.5. The first-order valence-corrected chi connectivity index (χ1v) is 8.71. The lowest BCUT2D eigenvalue weighted by molar-refractivity contribution is -0.129. The average molecular weight is 331 g/mol. The minimum Gasteiger partial charge on any atom is -0.341 e. The number of carbonyl (C=O) groups is 2. The Labute approximate surface area is 144 Å². The van der Waals surface area contributed by atoms with Gasteiger partial charge in [0.15, 0.2) is 0 Å². The van der Waals surface area contributed by atoms with E-state index < -0.39 is 0 Å². The second kappa shape index (κ2) is 7.69. The van der Waals surface area contributed by atoms with Crippen molar-refractivity contribution in [1.82, 2.24) is 15.5 Å². The molecule has 2 N–H and O–H groups in total. The predicted molar refractivity (Wildman–Crippen MR) is 95.8 cm³/mol. The molecule has 0 spiro atoms. The van der Waals surface area contributed by atoms with Crippen molar-refractivity contribution >= 4 is 11.9 Å². The summed E-state index contributed by atoms with van der Waals surface area (Å²) in [5, 5.41) is 5.84. The lowest BCUT2D eigenvalue weighted by Crippen LogP contribution is -2.43. The monoisotopic (exact) mass is 331 g/mol. The Morgan fingerprint density at radius 3 is 2.46 bits per heavy atom. The van der Waals surface area contributed by atoms with Gasteiger partial charge in [0.1, 0.15) is 0 Å². The molecule has 3 amide bonds. The quantitative estimate of drug-likeness (QED) is 0.891. The molecule has 0 bridgehead atoms. The highest BCUT2D eigenvalue weighted by atomic mass is 16.2. The van der Waals surface area contributed by atoms with Crippen LogP contribution in [0.15, 0.2) is 24.3 Å². The standard InChI is InChI=1S/C19H29N3O2/c1-5-17(23)22-11-10-16(13-22)21-18(24)20-12-14-6-8-15(9-7-14)19(2,3)4/h6-9,16H,5,10-13H2,1-4H3,(H2,20,21,24). The molecule has 1 saturated heterocycles. The van der Waals surface area contributed by atoms with Crippen molar-refractivity contribution in [2.24, 2.45) is 0 Å². The number of hydrogen-bond acceptors (Lipinski definition) is 2. The van der Waals surface area contributed by atoms with Crippen LogP contribution in [-0.2, 0) is 16.8 Å². The number of carbonyl (C=O) groups excluding carboxylic acids is 2. The van der Waals surface area contributed by atoms with E-state index in [2.05, 4.69) is 55.7 Å². The minimum absolute atomic E-state index is 0.0452. The molecule has 0 saturated carbocycles. The summed E-state index contributed by atoms with van der Waals surface area (Å²) < 4.78 is 0. The molecule has 2 rings (SSSR count). The van der Waals surface area contributed by atoms with Crippen LogP contribution in [0.5, 0.6) is 0 Å². The van der Waals surface area contributed by atoms with Crippen molar-refractivity contribution in [2.45, 2.75) is 58.5 Å². The first kappa shape index (κ1) is 18.3. The van der Waals surface area contributed by atoms with Gasteiger partial charge in [-0.2, -0.15) is 0 Å². The molecule has 1 unspecified atom stereocenters. The number of rotatable bonds is 4. The first-order chi connectivity index (χ1) is 11.3. The molecule has 1 heterocycles. The van der Waals surface area contributed by atoms with Crippen molar-refractivity contribution in [1.29, 1.82) is 0 Å². The Morgan fingerprint density at radius 1 is 1.21 bits per heavy atom. The first-order valence-electron chi connectivity index (χ1n) is 8.71. The summed E-state index contributed by atoms with van der Waals surface area (Å²) >= 11 is 0. The van der Waals surface area contributed by atoms with E-state index in [0.29, 0.717) is 19.5 Å². The zero-order chi connectivity index (χ0) is 17.7. The van der Waals surface area contributed by atoms with Crippen LogP contribution in [0, 0.1) is 0 Å². The molecule has 5 heteroatoms. The van der Waals surface area contributed by atoms with Gasteiger partial charge in [0, 0.05) is 32.1 Å².